The van der Waals surface area contributed by atoms with E-state index in [2.05, 4.69) is 10.6 Å². The molecule has 1 unspecified atom stereocenters. The summed E-state index contributed by atoms with van der Waals surface area (Å²) in [6.45, 7) is 4.57. The average Bonchev–Trinajstić information content (AvgIpc) is 3.02. The van der Waals surface area contributed by atoms with Crippen LogP contribution in [0.4, 0.5) is 0 Å². The quantitative estimate of drug-likeness (QED) is 0.0383. The van der Waals surface area contributed by atoms with Crippen molar-refractivity contribution in [2.45, 2.75) is 13.0 Å². The molecule has 0 saturated carbocycles. The van der Waals surface area contributed by atoms with E-state index in [1.807, 2.05) is 6.92 Å². The van der Waals surface area contributed by atoms with E-state index >= 15 is 0 Å². The van der Waals surface area contributed by atoms with Crippen LogP contribution in [0.5, 0.6) is 0 Å². The number of carbonyl (C=O) groups is 5. The zero-order valence-electron chi connectivity index (χ0n) is 29.1. The van der Waals surface area contributed by atoms with Gasteiger partial charge in [0.25, 0.3) is 10.1 Å². The lowest BCUT2D eigenvalue weighted by atomic mass is 10.3. The van der Waals surface area contributed by atoms with Gasteiger partial charge in [-0.25, -0.2) is 0 Å². The van der Waals surface area contributed by atoms with Crippen molar-refractivity contribution >= 4 is 39.8 Å². The summed E-state index contributed by atoms with van der Waals surface area (Å²) < 4.78 is 54.0. The number of hydrogen-bond acceptors (Lipinski definition) is 15. The Morgan fingerprint density at radius 1 is 0.608 bits per heavy atom. The Hall–Kier alpha value is -3.06. The molecular weight excluding hydrogens is 704 g/mol. The second-order valence-corrected chi connectivity index (χ2v) is 13.0. The molecule has 21 nitrogen and oxygen atoms in total. The van der Waals surface area contributed by atoms with Crippen LogP contribution < -0.4 is 10.6 Å². The van der Waals surface area contributed by atoms with Gasteiger partial charge >= 0.3 is 17.9 Å². The largest absolute Gasteiger partial charge is 0.480 e. The second kappa shape index (κ2) is 26.7. The van der Waals surface area contributed by atoms with Gasteiger partial charge in [-0.05, 0) is 6.92 Å². The van der Waals surface area contributed by atoms with Crippen LogP contribution >= 0.6 is 0 Å². The van der Waals surface area contributed by atoms with Gasteiger partial charge in [-0.15, -0.1) is 0 Å². The summed E-state index contributed by atoms with van der Waals surface area (Å²) in [5.41, 5.74) is 0. The number of ether oxygens (including phenoxy) is 4. The third kappa shape index (κ3) is 25.5. The van der Waals surface area contributed by atoms with Gasteiger partial charge < -0.3 is 44.9 Å². The Bertz CT molecular complexity index is 1130. The van der Waals surface area contributed by atoms with Crippen molar-refractivity contribution in [1.82, 2.24) is 30.2 Å². The summed E-state index contributed by atoms with van der Waals surface area (Å²) in [6.07, 6.45) is 0. The highest BCUT2D eigenvalue weighted by molar-refractivity contribution is 7.85. The highest BCUT2D eigenvalue weighted by atomic mass is 32.2. The average molecular weight is 759 g/mol. The van der Waals surface area contributed by atoms with Gasteiger partial charge in [0.1, 0.15) is 11.8 Å². The molecule has 6 N–H and O–H groups in total. The maximum atomic E-state index is 13.1. The summed E-state index contributed by atoms with van der Waals surface area (Å²) in [7, 11) is -4.70. The third-order valence-corrected chi connectivity index (χ3v) is 8.02. The first-order valence-corrected chi connectivity index (χ1v) is 18.2. The minimum atomic E-state index is -4.70. The van der Waals surface area contributed by atoms with E-state index in [0.717, 1.165) is 0 Å². The standard InChI is InChI=1S/C29H54N6O15S/c1-2-47-13-14-49-17-18-50-16-15-48-12-3-30-29(43)24(23-51(44,45)46)31-25(36)19-32-4-6-33(20-26(37)38)8-10-35(22-28(41)42)11-9-34(7-5-32)21-27(39)40/h24H,2-23H2,1H3,(H,30,43)(H,31,36)(H,37,38)(H,39,40)(H,41,42)(H,44,45,46). The molecule has 1 fully saturated rings. The maximum absolute atomic E-state index is 13.1. The summed E-state index contributed by atoms with van der Waals surface area (Å²) in [6, 6.07) is -1.65. The fraction of sp³-hybridized carbons (Fsp3) is 0.828. The second-order valence-electron chi connectivity index (χ2n) is 11.5. The van der Waals surface area contributed by atoms with Crippen molar-refractivity contribution in [1.29, 1.82) is 0 Å². The molecule has 0 aromatic carbocycles. The number of aliphatic carboxylic acids is 3. The van der Waals surface area contributed by atoms with Crippen LogP contribution in [0.25, 0.3) is 0 Å². The van der Waals surface area contributed by atoms with Gasteiger partial charge in [0.05, 0.1) is 72.4 Å². The van der Waals surface area contributed by atoms with Gasteiger partial charge in [0.15, 0.2) is 0 Å². The highest BCUT2D eigenvalue weighted by Gasteiger charge is 2.27. The highest BCUT2D eigenvalue weighted by Crippen LogP contribution is 2.02. The van der Waals surface area contributed by atoms with Crippen molar-refractivity contribution < 1.29 is 71.2 Å². The molecule has 1 aliphatic rings. The fourth-order valence-electron chi connectivity index (χ4n) is 4.80. The molecule has 0 spiro atoms. The molecule has 2 amide bonds. The van der Waals surface area contributed by atoms with Crippen LogP contribution in [0.15, 0.2) is 0 Å². The SMILES string of the molecule is CCOCCOCCOCCOCCNC(=O)C(CS(=O)(=O)O)NC(=O)CN1CCN(CC(=O)O)CCN(CC(=O)O)CCN(CC(=O)O)CC1. The number of nitrogens with one attached hydrogen (secondary N) is 2. The van der Waals surface area contributed by atoms with Gasteiger partial charge in [0, 0.05) is 65.5 Å². The lowest BCUT2D eigenvalue weighted by Gasteiger charge is -2.33. The first-order valence-electron chi connectivity index (χ1n) is 16.6. The van der Waals surface area contributed by atoms with E-state index in [9.17, 15) is 52.3 Å². The van der Waals surface area contributed by atoms with E-state index in [1.54, 1.807) is 19.6 Å². The maximum Gasteiger partial charge on any atom is 0.317 e. The minimum Gasteiger partial charge on any atom is -0.480 e. The molecule has 1 saturated heterocycles. The topological polar surface area (TPSA) is 274 Å². The van der Waals surface area contributed by atoms with Crippen LogP contribution in [0, 0.1) is 0 Å². The lowest BCUT2D eigenvalue weighted by molar-refractivity contribution is -0.140. The van der Waals surface area contributed by atoms with Crippen molar-refractivity contribution in [3.8, 4) is 0 Å². The van der Waals surface area contributed by atoms with Crippen LogP contribution in [0.2, 0.25) is 0 Å². The van der Waals surface area contributed by atoms with Crippen molar-refractivity contribution in [2.75, 3.05) is 144 Å². The summed E-state index contributed by atoms with van der Waals surface area (Å²) in [5.74, 6) is -6.07. The molecule has 22 heteroatoms. The number of amides is 2. The number of carboxylic acid groups (broad SMARTS) is 3. The zero-order chi connectivity index (χ0) is 38.1. The van der Waals surface area contributed by atoms with Crippen molar-refractivity contribution in [3.05, 3.63) is 0 Å². The normalized spacial score (nSPS) is 16.8. The number of hydrogen-bond donors (Lipinski definition) is 6. The Kier molecular flexibility index (Phi) is 24.0. The van der Waals surface area contributed by atoms with E-state index in [1.165, 1.54) is 0 Å². The summed E-state index contributed by atoms with van der Waals surface area (Å²) in [5, 5.41) is 32.9. The smallest absolute Gasteiger partial charge is 0.317 e. The van der Waals surface area contributed by atoms with Crippen molar-refractivity contribution in [3.63, 3.8) is 0 Å². The Labute approximate surface area is 297 Å². The Morgan fingerprint density at radius 3 is 1.31 bits per heavy atom. The van der Waals surface area contributed by atoms with Crippen molar-refractivity contribution in [2.24, 2.45) is 0 Å². The number of rotatable bonds is 25. The minimum absolute atomic E-state index is 0.0357. The molecular formula is C29H54N6O15S. The molecule has 1 atom stereocenters. The van der Waals surface area contributed by atoms with E-state index in [0.29, 0.717) is 33.0 Å². The molecule has 51 heavy (non-hydrogen) atoms. The first kappa shape index (κ1) is 46.0. The predicted molar refractivity (Wildman–Crippen MR) is 179 cm³/mol. The summed E-state index contributed by atoms with van der Waals surface area (Å²) in [4.78, 5) is 66.6. The number of carboxylic acids is 3. The number of nitrogens with zero attached hydrogens (tertiary/aromatic N) is 4. The molecule has 1 aliphatic heterocycles. The Morgan fingerprint density at radius 2 is 0.961 bits per heavy atom. The van der Waals surface area contributed by atoms with Gasteiger partial charge in [-0.2, -0.15) is 8.42 Å². The molecule has 0 aromatic heterocycles. The molecule has 1 rings (SSSR count). The van der Waals surface area contributed by atoms with E-state index in [4.69, 9.17) is 18.9 Å². The van der Waals surface area contributed by atoms with Crippen LogP contribution in [-0.4, -0.2) is 227 Å². The van der Waals surface area contributed by atoms with E-state index in [-0.39, 0.29) is 105 Å². The van der Waals surface area contributed by atoms with Crippen LogP contribution in [0.1, 0.15) is 6.92 Å². The zero-order valence-corrected chi connectivity index (χ0v) is 29.9. The number of carbonyl (C=O) groups excluding carboxylic acids is 2. The Balaban J connectivity index is 2.77. The molecule has 0 aliphatic carbocycles. The van der Waals surface area contributed by atoms with Gasteiger partial charge in [-0.3, -0.25) is 48.1 Å². The summed E-state index contributed by atoms with van der Waals surface area (Å²) >= 11 is 0. The predicted octanol–water partition coefficient (Wildman–Crippen LogP) is -3.96. The first-order chi connectivity index (χ1) is 24.2. The van der Waals surface area contributed by atoms with Gasteiger partial charge in [0.2, 0.25) is 11.8 Å². The molecule has 0 aromatic rings. The fourth-order valence-corrected chi connectivity index (χ4v) is 5.45. The molecule has 1 heterocycles. The van der Waals surface area contributed by atoms with Crippen LogP contribution in [0.3, 0.4) is 0 Å². The molecule has 0 bridgehead atoms. The molecule has 296 valence electrons. The van der Waals surface area contributed by atoms with Gasteiger partial charge in [-0.1, -0.05) is 0 Å². The van der Waals surface area contributed by atoms with Crippen LogP contribution in [-0.2, 0) is 53.0 Å². The lowest BCUT2D eigenvalue weighted by Crippen LogP contribution is -2.54. The monoisotopic (exact) mass is 758 g/mol. The molecule has 0 radical (unpaired) electrons. The van der Waals surface area contributed by atoms with E-state index < -0.39 is 51.6 Å². The third-order valence-electron chi connectivity index (χ3n) is 7.27.